The van der Waals surface area contributed by atoms with Gasteiger partial charge in [0.1, 0.15) is 11.9 Å². The lowest BCUT2D eigenvalue weighted by Gasteiger charge is -2.32. The summed E-state index contributed by atoms with van der Waals surface area (Å²) in [6, 6.07) is 11.1. The minimum Gasteiger partial charge on any atom is -0.484 e. The molecule has 1 aliphatic rings. The summed E-state index contributed by atoms with van der Waals surface area (Å²) in [7, 11) is 0. The van der Waals surface area contributed by atoms with E-state index in [0.29, 0.717) is 6.04 Å². The van der Waals surface area contributed by atoms with E-state index in [9.17, 15) is 0 Å². The fraction of sp³-hybridized carbons (Fsp3) is 0.412. The maximum absolute atomic E-state index is 6.26. The second-order valence-corrected chi connectivity index (χ2v) is 7.41. The van der Waals surface area contributed by atoms with Gasteiger partial charge in [0.25, 0.3) is 0 Å². The van der Waals surface area contributed by atoms with Crippen LogP contribution in [0.3, 0.4) is 0 Å². The Balaban J connectivity index is 1.91. The van der Waals surface area contributed by atoms with Crippen LogP contribution < -0.4 is 10.1 Å². The van der Waals surface area contributed by atoms with Gasteiger partial charge in [0, 0.05) is 32.3 Å². The van der Waals surface area contributed by atoms with E-state index in [1.807, 2.05) is 11.3 Å². The van der Waals surface area contributed by atoms with Crippen molar-refractivity contribution in [3.63, 3.8) is 0 Å². The topological polar surface area (TPSA) is 21.3 Å². The van der Waals surface area contributed by atoms with Gasteiger partial charge in [0.05, 0.1) is 0 Å². The summed E-state index contributed by atoms with van der Waals surface area (Å²) in [5.41, 5.74) is 1.26. The van der Waals surface area contributed by atoms with Crippen molar-refractivity contribution in [1.82, 2.24) is 5.32 Å². The van der Waals surface area contributed by atoms with Gasteiger partial charge in [0.15, 0.2) is 0 Å². The summed E-state index contributed by atoms with van der Waals surface area (Å²) >= 11 is 5.44. The van der Waals surface area contributed by atoms with Gasteiger partial charge in [0.2, 0.25) is 0 Å². The molecule has 0 amide bonds. The van der Waals surface area contributed by atoms with Gasteiger partial charge in [-0.1, -0.05) is 29.8 Å². The van der Waals surface area contributed by atoms with Crippen LogP contribution in [0.2, 0.25) is 0 Å². The molecule has 2 aromatic rings. The zero-order valence-electron chi connectivity index (χ0n) is 12.4. The molecule has 21 heavy (non-hydrogen) atoms. The molecule has 2 unspecified atom stereocenters. The fourth-order valence-electron chi connectivity index (χ4n) is 2.81. The van der Waals surface area contributed by atoms with Gasteiger partial charge in [-0.25, -0.2) is 0 Å². The van der Waals surface area contributed by atoms with Crippen molar-refractivity contribution in [2.24, 2.45) is 0 Å². The van der Waals surface area contributed by atoms with E-state index in [-0.39, 0.29) is 6.10 Å². The average Bonchev–Trinajstić information content (AvgIpc) is 2.97. The van der Waals surface area contributed by atoms with Gasteiger partial charge < -0.3 is 10.1 Å². The lowest BCUT2D eigenvalue weighted by molar-refractivity contribution is 0.155. The summed E-state index contributed by atoms with van der Waals surface area (Å²) in [6.07, 6.45) is 2.24. The highest BCUT2D eigenvalue weighted by Gasteiger charge is 2.29. The van der Waals surface area contributed by atoms with Crippen LogP contribution in [0, 0.1) is 0 Å². The molecule has 1 aromatic heterocycles. The number of hydrogen-bond donors (Lipinski definition) is 1. The van der Waals surface area contributed by atoms with E-state index in [2.05, 4.69) is 65.4 Å². The SMILES string of the molecule is CCNC1CC(c2ccc(CC)s2)Oc2ccc(Br)cc21. The Hall–Kier alpha value is -0.840. The number of benzene rings is 1. The zero-order valence-corrected chi connectivity index (χ0v) is 14.8. The summed E-state index contributed by atoms with van der Waals surface area (Å²) in [4.78, 5) is 2.76. The predicted octanol–water partition coefficient (Wildman–Crippen LogP) is 5.25. The molecule has 2 heterocycles. The fourth-order valence-corrected chi connectivity index (χ4v) is 4.19. The van der Waals surface area contributed by atoms with Crippen LogP contribution in [-0.2, 0) is 6.42 Å². The maximum atomic E-state index is 6.26. The first-order chi connectivity index (χ1) is 10.2. The highest BCUT2D eigenvalue weighted by molar-refractivity contribution is 9.10. The molecule has 0 spiro atoms. The molecule has 1 aromatic carbocycles. The Morgan fingerprint density at radius 3 is 2.86 bits per heavy atom. The van der Waals surface area contributed by atoms with Gasteiger partial charge in [-0.2, -0.15) is 0 Å². The molecular formula is C17H20BrNOS. The Kier molecular flexibility index (Phi) is 4.67. The second-order valence-electron chi connectivity index (χ2n) is 5.29. The van der Waals surface area contributed by atoms with E-state index in [4.69, 9.17) is 4.74 Å². The van der Waals surface area contributed by atoms with Crippen LogP contribution in [0.5, 0.6) is 5.75 Å². The number of halogens is 1. The monoisotopic (exact) mass is 365 g/mol. The molecule has 0 fully saturated rings. The Bertz CT molecular complexity index is 625. The van der Waals surface area contributed by atoms with Gasteiger partial charge in [-0.05, 0) is 43.3 Å². The minimum absolute atomic E-state index is 0.160. The van der Waals surface area contributed by atoms with Crippen LogP contribution in [0.4, 0.5) is 0 Å². The van der Waals surface area contributed by atoms with Gasteiger partial charge in [-0.15, -0.1) is 11.3 Å². The second kappa shape index (κ2) is 6.51. The number of thiophene rings is 1. The van der Waals surface area contributed by atoms with Crippen molar-refractivity contribution < 1.29 is 4.74 Å². The van der Waals surface area contributed by atoms with E-state index in [0.717, 1.165) is 29.6 Å². The van der Waals surface area contributed by atoms with Crippen molar-refractivity contribution >= 4 is 27.3 Å². The third-order valence-electron chi connectivity index (χ3n) is 3.87. The lowest BCUT2D eigenvalue weighted by atomic mass is 9.95. The predicted molar refractivity (Wildman–Crippen MR) is 92.2 cm³/mol. The molecule has 0 aliphatic carbocycles. The summed E-state index contributed by atoms with van der Waals surface area (Å²) in [5, 5.41) is 3.59. The van der Waals surface area contributed by atoms with Crippen LogP contribution in [0.25, 0.3) is 0 Å². The molecule has 4 heteroatoms. The van der Waals surface area contributed by atoms with Crippen LogP contribution in [-0.4, -0.2) is 6.54 Å². The van der Waals surface area contributed by atoms with Crippen LogP contribution >= 0.6 is 27.3 Å². The molecule has 0 saturated heterocycles. The molecule has 2 nitrogen and oxygen atoms in total. The van der Waals surface area contributed by atoms with Crippen molar-refractivity contribution in [3.8, 4) is 5.75 Å². The number of rotatable bonds is 4. The molecule has 0 radical (unpaired) electrons. The number of nitrogens with one attached hydrogen (secondary N) is 1. The number of hydrogen-bond acceptors (Lipinski definition) is 3. The largest absolute Gasteiger partial charge is 0.484 e. The Morgan fingerprint density at radius 1 is 1.29 bits per heavy atom. The van der Waals surface area contributed by atoms with E-state index < -0.39 is 0 Å². The van der Waals surface area contributed by atoms with Crippen molar-refractivity contribution in [2.45, 2.75) is 38.8 Å². The molecule has 0 bridgehead atoms. The molecule has 3 rings (SSSR count). The molecule has 0 saturated carbocycles. The standard InChI is InChI=1S/C17H20BrNOS/c1-3-12-6-8-17(21-12)16-10-14(19-4-2)13-9-11(18)5-7-15(13)20-16/h5-9,14,16,19H,3-4,10H2,1-2H3. The van der Waals surface area contributed by atoms with E-state index >= 15 is 0 Å². The van der Waals surface area contributed by atoms with Crippen molar-refractivity contribution in [3.05, 3.63) is 50.1 Å². The normalized spacial score (nSPS) is 20.9. The first-order valence-electron chi connectivity index (χ1n) is 7.49. The number of ether oxygens (including phenoxy) is 1. The summed E-state index contributed by atoms with van der Waals surface area (Å²) in [6.45, 7) is 5.32. The maximum Gasteiger partial charge on any atom is 0.135 e. The highest BCUT2D eigenvalue weighted by atomic mass is 79.9. The summed E-state index contributed by atoms with van der Waals surface area (Å²) in [5.74, 6) is 1.01. The van der Waals surface area contributed by atoms with Crippen molar-refractivity contribution in [1.29, 1.82) is 0 Å². The quantitative estimate of drug-likeness (QED) is 0.798. The third kappa shape index (κ3) is 3.17. The molecule has 1 aliphatic heterocycles. The first-order valence-corrected chi connectivity index (χ1v) is 9.10. The Morgan fingerprint density at radius 2 is 2.14 bits per heavy atom. The van der Waals surface area contributed by atoms with Gasteiger partial charge in [-0.3, -0.25) is 0 Å². The Labute approximate surface area is 138 Å². The third-order valence-corrected chi connectivity index (χ3v) is 5.68. The lowest BCUT2D eigenvalue weighted by Crippen LogP contribution is -2.28. The zero-order chi connectivity index (χ0) is 14.8. The highest BCUT2D eigenvalue weighted by Crippen LogP contribution is 2.43. The summed E-state index contributed by atoms with van der Waals surface area (Å²) < 4.78 is 7.36. The van der Waals surface area contributed by atoms with Crippen LogP contribution in [0.15, 0.2) is 34.8 Å². The van der Waals surface area contributed by atoms with Crippen molar-refractivity contribution in [2.75, 3.05) is 6.54 Å². The van der Waals surface area contributed by atoms with Crippen LogP contribution in [0.1, 0.15) is 47.7 Å². The molecular weight excluding hydrogens is 346 g/mol. The minimum atomic E-state index is 0.160. The molecule has 112 valence electrons. The van der Waals surface area contributed by atoms with E-state index in [1.165, 1.54) is 15.3 Å². The molecule has 1 N–H and O–H groups in total. The number of fused-ring (bicyclic) bond motifs is 1. The first kappa shape index (κ1) is 15.1. The van der Waals surface area contributed by atoms with Gasteiger partial charge >= 0.3 is 0 Å². The molecule has 2 atom stereocenters. The average molecular weight is 366 g/mol. The smallest absolute Gasteiger partial charge is 0.135 e. The number of aryl methyl sites for hydroxylation is 1. The van der Waals surface area contributed by atoms with E-state index in [1.54, 1.807) is 0 Å².